The van der Waals surface area contributed by atoms with Crippen LogP contribution in [-0.2, 0) is 23.8 Å². The maximum atomic E-state index is 11.1. The molecule has 0 aliphatic carbocycles. The van der Waals surface area contributed by atoms with E-state index in [1.165, 1.54) is 14.0 Å². The summed E-state index contributed by atoms with van der Waals surface area (Å²) in [5, 5.41) is 0. The van der Waals surface area contributed by atoms with Gasteiger partial charge in [0.05, 0.1) is 6.61 Å². The van der Waals surface area contributed by atoms with E-state index in [2.05, 4.69) is 0 Å². The van der Waals surface area contributed by atoms with Gasteiger partial charge in [0, 0.05) is 14.2 Å². The molecule has 0 fully saturated rings. The number of ketones is 1. The minimum Gasteiger partial charge on any atom is -0.432 e. The van der Waals surface area contributed by atoms with Gasteiger partial charge < -0.3 is 14.2 Å². The van der Waals surface area contributed by atoms with Crippen molar-refractivity contribution in [2.45, 2.75) is 19.6 Å². The number of rotatable bonds is 7. The van der Waals surface area contributed by atoms with Gasteiger partial charge in [0.1, 0.15) is 12.2 Å². The topological polar surface area (TPSA) is 61.8 Å². The molecule has 0 rings (SSSR count). The lowest BCUT2D eigenvalue weighted by atomic mass is 10.3. The van der Waals surface area contributed by atoms with Gasteiger partial charge in [-0.1, -0.05) is 6.08 Å². The molecule has 0 aliphatic rings. The van der Waals surface area contributed by atoms with E-state index in [4.69, 9.17) is 14.2 Å². The van der Waals surface area contributed by atoms with E-state index in [0.717, 1.165) is 0 Å². The minimum absolute atomic E-state index is 0.238. The molecule has 0 radical (unpaired) electrons. The van der Waals surface area contributed by atoms with Gasteiger partial charge in [-0.2, -0.15) is 0 Å². The molecular weight excluding hydrogens is 200 g/mol. The van der Waals surface area contributed by atoms with Gasteiger partial charge >= 0.3 is 5.97 Å². The first-order valence-electron chi connectivity index (χ1n) is 4.47. The Hall–Kier alpha value is -1.20. The fraction of sp³-hybridized carbons (Fsp3) is 0.600. The normalized spacial score (nSPS) is 12.7. The molecule has 0 aromatic heterocycles. The summed E-state index contributed by atoms with van der Waals surface area (Å²) >= 11 is 0. The maximum Gasteiger partial charge on any atom is 0.315 e. The molecule has 0 aromatic carbocycles. The Kier molecular flexibility index (Phi) is 7.49. The number of esters is 1. The predicted molar refractivity (Wildman–Crippen MR) is 53.2 cm³/mol. The number of hydrogen-bond acceptors (Lipinski definition) is 5. The Morgan fingerprint density at radius 2 is 2.00 bits per heavy atom. The molecule has 0 N–H and O–H groups in total. The van der Waals surface area contributed by atoms with Gasteiger partial charge in [-0.3, -0.25) is 9.59 Å². The van der Waals surface area contributed by atoms with Crippen molar-refractivity contribution in [1.82, 2.24) is 0 Å². The van der Waals surface area contributed by atoms with Crippen molar-refractivity contribution >= 4 is 11.8 Å². The van der Waals surface area contributed by atoms with Crippen LogP contribution in [0.1, 0.15) is 13.3 Å². The summed E-state index contributed by atoms with van der Waals surface area (Å²) in [4.78, 5) is 21.7. The SMILES string of the molecule is COCC=CC(OC)OC(=O)CC(C)=O. The third-order valence-electron chi connectivity index (χ3n) is 1.43. The fourth-order valence-electron chi connectivity index (χ4n) is 0.803. The summed E-state index contributed by atoms with van der Waals surface area (Å²) < 4.78 is 14.5. The van der Waals surface area contributed by atoms with Gasteiger partial charge in [0.25, 0.3) is 0 Å². The zero-order valence-corrected chi connectivity index (χ0v) is 9.19. The van der Waals surface area contributed by atoms with Crippen molar-refractivity contribution in [3.8, 4) is 0 Å². The van der Waals surface area contributed by atoms with Gasteiger partial charge in [0.2, 0.25) is 6.29 Å². The molecular formula is C10H16O5. The number of Topliss-reactive ketones (excluding diaryl/α,β-unsaturated/α-hetero) is 1. The Morgan fingerprint density at radius 1 is 1.33 bits per heavy atom. The Labute approximate surface area is 89.0 Å². The second-order valence-electron chi connectivity index (χ2n) is 2.86. The Bertz CT molecular complexity index is 234. The van der Waals surface area contributed by atoms with Crippen molar-refractivity contribution in [3.63, 3.8) is 0 Å². The average Bonchev–Trinajstić information content (AvgIpc) is 2.15. The highest BCUT2D eigenvalue weighted by molar-refractivity contribution is 5.94. The maximum absolute atomic E-state index is 11.1. The third-order valence-corrected chi connectivity index (χ3v) is 1.43. The van der Waals surface area contributed by atoms with Crippen LogP contribution < -0.4 is 0 Å². The van der Waals surface area contributed by atoms with Crippen molar-refractivity contribution in [1.29, 1.82) is 0 Å². The molecule has 5 heteroatoms. The highest BCUT2D eigenvalue weighted by Gasteiger charge is 2.11. The summed E-state index contributed by atoms with van der Waals surface area (Å²) in [7, 11) is 2.96. The molecule has 0 saturated carbocycles. The third kappa shape index (κ3) is 7.84. The first-order chi connectivity index (χ1) is 7.10. The second-order valence-corrected chi connectivity index (χ2v) is 2.86. The minimum atomic E-state index is -0.771. The van der Waals surface area contributed by atoms with E-state index in [-0.39, 0.29) is 12.2 Å². The molecule has 0 aromatic rings. The molecule has 1 unspecified atom stereocenters. The summed E-state index contributed by atoms with van der Waals surface area (Å²) in [6.07, 6.45) is 2.20. The predicted octanol–water partition coefficient (Wildman–Crippen LogP) is 0.684. The van der Waals surface area contributed by atoms with Crippen LogP contribution in [0.15, 0.2) is 12.2 Å². The first kappa shape index (κ1) is 13.8. The lowest BCUT2D eigenvalue weighted by Gasteiger charge is -2.11. The molecule has 0 bridgehead atoms. The van der Waals surface area contributed by atoms with Gasteiger partial charge in [-0.15, -0.1) is 0 Å². The summed E-state index contributed by atoms with van der Waals surface area (Å²) in [6, 6.07) is 0. The molecule has 86 valence electrons. The van der Waals surface area contributed by atoms with E-state index in [0.29, 0.717) is 6.61 Å². The number of methoxy groups -OCH3 is 2. The summed E-state index contributed by atoms with van der Waals surface area (Å²) in [5.41, 5.74) is 0. The van der Waals surface area contributed by atoms with E-state index >= 15 is 0 Å². The smallest absolute Gasteiger partial charge is 0.315 e. The quantitative estimate of drug-likeness (QED) is 0.271. The van der Waals surface area contributed by atoms with Crippen LogP contribution in [0, 0.1) is 0 Å². The van der Waals surface area contributed by atoms with Crippen LogP contribution in [0.3, 0.4) is 0 Å². The Balaban J connectivity index is 3.97. The van der Waals surface area contributed by atoms with Crippen molar-refractivity contribution < 1.29 is 23.8 Å². The van der Waals surface area contributed by atoms with Crippen LogP contribution in [0.5, 0.6) is 0 Å². The molecule has 15 heavy (non-hydrogen) atoms. The fourth-order valence-corrected chi connectivity index (χ4v) is 0.803. The summed E-state index contributed by atoms with van der Waals surface area (Å²) in [5.74, 6) is -0.841. The summed E-state index contributed by atoms with van der Waals surface area (Å²) in [6.45, 7) is 1.73. The molecule has 0 saturated heterocycles. The van der Waals surface area contributed by atoms with Gasteiger partial charge in [-0.05, 0) is 13.0 Å². The Morgan fingerprint density at radius 3 is 2.47 bits per heavy atom. The van der Waals surface area contributed by atoms with E-state index in [1.807, 2.05) is 0 Å². The number of ether oxygens (including phenoxy) is 3. The molecule has 1 atom stereocenters. The zero-order chi connectivity index (χ0) is 11.7. The van der Waals surface area contributed by atoms with Crippen LogP contribution >= 0.6 is 0 Å². The van der Waals surface area contributed by atoms with E-state index in [9.17, 15) is 9.59 Å². The van der Waals surface area contributed by atoms with Crippen molar-refractivity contribution in [2.24, 2.45) is 0 Å². The average molecular weight is 216 g/mol. The second kappa shape index (κ2) is 8.14. The number of carbonyl (C=O) groups excluding carboxylic acids is 2. The molecule has 5 nitrogen and oxygen atoms in total. The van der Waals surface area contributed by atoms with Crippen LogP contribution in [0.25, 0.3) is 0 Å². The number of carbonyl (C=O) groups is 2. The van der Waals surface area contributed by atoms with Crippen LogP contribution in [0.2, 0.25) is 0 Å². The molecule has 0 spiro atoms. The molecule has 0 amide bonds. The zero-order valence-electron chi connectivity index (χ0n) is 9.19. The standard InChI is InChI=1S/C10H16O5/c1-8(11)7-9(12)15-10(14-3)5-4-6-13-2/h4-5,10H,6-7H2,1-3H3. The van der Waals surface area contributed by atoms with Crippen LogP contribution in [-0.4, -0.2) is 38.9 Å². The highest BCUT2D eigenvalue weighted by Crippen LogP contribution is 1.99. The van der Waals surface area contributed by atoms with Crippen molar-refractivity contribution in [3.05, 3.63) is 12.2 Å². The lowest BCUT2D eigenvalue weighted by molar-refractivity contribution is -0.165. The first-order valence-corrected chi connectivity index (χ1v) is 4.47. The van der Waals surface area contributed by atoms with Gasteiger partial charge in [0.15, 0.2) is 0 Å². The van der Waals surface area contributed by atoms with E-state index in [1.54, 1.807) is 19.3 Å². The number of hydrogen-bond donors (Lipinski definition) is 0. The van der Waals surface area contributed by atoms with Crippen molar-refractivity contribution in [2.75, 3.05) is 20.8 Å². The molecule has 0 heterocycles. The largest absolute Gasteiger partial charge is 0.432 e. The highest BCUT2D eigenvalue weighted by atomic mass is 16.7. The lowest BCUT2D eigenvalue weighted by Crippen LogP contribution is -2.19. The van der Waals surface area contributed by atoms with Gasteiger partial charge in [-0.25, -0.2) is 0 Å². The van der Waals surface area contributed by atoms with Crippen LogP contribution in [0.4, 0.5) is 0 Å². The van der Waals surface area contributed by atoms with E-state index < -0.39 is 12.3 Å². The molecule has 0 aliphatic heterocycles. The monoisotopic (exact) mass is 216 g/mol.